The Morgan fingerprint density at radius 2 is 2.00 bits per heavy atom. The van der Waals surface area contributed by atoms with Gasteiger partial charge in [0.2, 0.25) is 0 Å². The molecular formula is C12H19F3N2O3. The van der Waals surface area contributed by atoms with Crippen molar-refractivity contribution in [2.45, 2.75) is 44.8 Å². The molecule has 2 atom stereocenters. The van der Waals surface area contributed by atoms with Crippen molar-refractivity contribution in [3.63, 3.8) is 0 Å². The van der Waals surface area contributed by atoms with Crippen LogP contribution in [0.1, 0.15) is 32.6 Å². The summed E-state index contributed by atoms with van der Waals surface area (Å²) in [5.41, 5.74) is 0. The van der Waals surface area contributed by atoms with Crippen LogP contribution in [0.2, 0.25) is 0 Å². The molecule has 1 aliphatic rings. The molecule has 2 amide bonds. The van der Waals surface area contributed by atoms with E-state index in [-0.39, 0.29) is 19.0 Å². The lowest BCUT2D eigenvalue weighted by Crippen LogP contribution is -2.48. The van der Waals surface area contributed by atoms with Gasteiger partial charge in [-0.3, -0.25) is 4.79 Å². The van der Waals surface area contributed by atoms with Gasteiger partial charge in [-0.15, -0.1) is 0 Å². The summed E-state index contributed by atoms with van der Waals surface area (Å²) in [5.74, 6) is -1.45. The fraction of sp³-hybridized carbons (Fsp3) is 0.833. The number of rotatable bonds is 5. The Bertz CT molecular complexity index is 360. The van der Waals surface area contributed by atoms with E-state index in [4.69, 9.17) is 5.11 Å². The number of hydrogen-bond acceptors (Lipinski definition) is 2. The third-order valence-electron chi connectivity index (χ3n) is 3.26. The first-order chi connectivity index (χ1) is 9.23. The van der Waals surface area contributed by atoms with Gasteiger partial charge >= 0.3 is 18.2 Å². The van der Waals surface area contributed by atoms with E-state index in [9.17, 15) is 22.8 Å². The van der Waals surface area contributed by atoms with Crippen molar-refractivity contribution in [3.8, 4) is 0 Å². The standard InChI is InChI=1S/C12H19F3N2O3/c1-2-5-17(7-12(13,14)15)11(20)16-9-4-3-8(6-9)10(18)19/h8-9H,2-7H2,1H3,(H,16,20)(H,18,19)/t8-,9+/m1/s1. The first kappa shape index (κ1) is 16.6. The number of carboxylic acids is 1. The number of alkyl halides is 3. The molecule has 0 spiro atoms. The van der Waals surface area contributed by atoms with Crippen molar-refractivity contribution in [3.05, 3.63) is 0 Å². The highest BCUT2D eigenvalue weighted by molar-refractivity contribution is 5.75. The summed E-state index contributed by atoms with van der Waals surface area (Å²) >= 11 is 0. The van der Waals surface area contributed by atoms with E-state index in [0.29, 0.717) is 24.2 Å². The number of carbonyl (C=O) groups is 2. The molecule has 116 valence electrons. The zero-order valence-electron chi connectivity index (χ0n) is 11.2. The van der Waals surface area contributed by atoms with Gasteiger partial charge in [-0.25, -0.2) is 4.79 Å². The molecule has 0 heterocycles. The molecule has 8 heteroatoms. The van der Waals surface area contributed by atoms with Crippen molar-refractivity contribution < 1.29 is 27.9 Å². The second-order valence-electron chi connectivity index (χ2n) is 5.03. The van der Waals surface area contributed by atoms with Gasteiger partial charge in [-0.2, -0.15) is 13.2 Å². The number of urea groups is 1. The lowest BCUT2D eigenvalue weighted by Gasteiger charge is -2.25. The van der Waals surface area contributed by atoms with Gasteiger partial charge in [0.15, 0.2) is 0 Å². The van der Waals surface area contributed by atoms with E-state index in [1.54, 1.807) is 6.92 Å². The zero-order valence-corrected chi connectivity index (χ0v) is 11.2. The van der Waals surface area contributed by atoms with Crippen molar-refractivity contribution in [2.75, 3.05) is 13.1 Å². The molecule has 0 aromatic rings. The minimum Gasteiger partial charge on any atom is -0.481 e. The van der Waals surface area contributed by atoms with Crippen molar-refractivity contribution in [1.82, 2.24) is 10.2 Å². The highest BCUT2D eigenvalue weighted by Gasteiger charge is 2.35. The van der Waals surface area contributed by atoms with Gasteiger partial charge in [0.05, 0.1) is 5.92 Å². The van der Waals surface area contributed by atoms with Crippen LogP contribution in [-0.2, 0) is 4.79 Å². The minimum atomic E-state index is -4.44. The molecule has 0 unspecified atom stereocenters. The highest BCUT2D eigenvalue weighted by Crippen LogP contribution is 2.26. The molecule has 2 N–H and O–H groups in total. The fourth-order valence-electron chi connectivity index (χ4n) is 2.34. The number of carbonyl (C=O) groups excluding carboxylic acids is 1. The molecule has 1 saturated carbocycles. The second kappa shape index (κ2) is 6.81. The lowest BCUT2D eigenvalue weighted by molar-refractivity contribution is -0.141. The molecular weight excluding hydrogens is 277 g/mol. The number of carboxylic acid groups (broad SMARTS) is 1. The van der Waals surface area contributed by atoms with Crippen LogP contribution < -0.4 is 5.32 Å². The molecule has 5 nitrogen and oxygen atoms in total. The topological polar surface area (TPSA) is 69.6 Å². The summed E-state index contributed by atoms with van der Waals surface area (Å²) in [6, 6.07) is -1.14. The fourth-order valence-corrected chi connectivity index (χ4v) is 2.34. The summed E-state index contributed by atoms with van der Waals surface area (Å²) in [6.45, 7) is 0.412. The Hall–Kier alpha value is -1.47. The number of nitrogens with zero attached hydrogens (tertiary/aromatic N) is 1. The zero-order chi connectivity index (χ0) is 15.3. The maximum atomic E-state index is 12.4. The van der Waals surface area contributed by atoms with Gasteiger partial charge in [0.1, 0.15) is 6.54 Å². The number of amides is 2. The predicted octanol–water partition coefficient (Wildman–Crippen LogP) is 2.22. The largest absolute Gasteiger partial charge is 0.481 e. The maximum Gasteiger partial charge on any atom is 0.406 e. The Morgan fingerprint density at radius 1 is 1.35 bits per heavy atom. The van der Waals surface area contributed by atoms with Gasteiger partial charge in [0.25, 0.3) is 0 Å². The first-order valence-electron chi connectivity index (χ1n) is 6.58. The minimum absolute atomic E-state index is 0.0143. The molecule has 0 bridgehead atoms. The van der Waals surface area contributed by atoms with Gasteiger partial charge in [-0.1, -0.05) is 6.92 Å². The van der Waals surface area contributed by atoms with E-state index in [1.807, 2.05) is 0 Å². The monoisotopic (exact) mass is 296 g/mol. The molecule has 20 heavy (non-hydrogen) atoms. The molecule has 0 saturated heterocycles. The first-order valence-corrected chi connectivity index (χ1v) is 6.58. The highest BCUT2D eigenvalue weighted by atomic mass is 19.4. The number of aliphatic carboxylic acids is 1. The van der Waals surface area contributed by atoms with Crippen LogP contribution in [0.4, 0.5) is 18.0 Å². The van der Waals surface area contributed by atoms with Gasteiger partial charge < -0.3 is 15.3 Å². The van der Waals surface area contributed by atoms with Crippen LogP contribution in [0, 0.1) is 5.92 Å². The normalized spacial score (nSPS) is 22.6. The van der Waals surface area contributed by atoms with E-state index >= 15 is 0 Å². The average molecular weight is 296 g/mol. The van der Waals surface area contributed by atoms with Gasteiger partial charge in [-0.05, 0) is 25.7 Å². The van der Waals surface area contributed by atoms with Crippen LogP contribution in [0.15, 0.2) is 0 Å². The second-order valence-corrected chi connectivity index (χ2v) is 5.03. The smallest absolute Gasteiger partial charge is 0.406 e. The van der Waals surface area contributed by atoms with E-state index in [0.717, 1.165) is 0 Å². The number of halogens is 3. The summed E-state index contributed by atoms with van der Waals surface area (Å²) < 4.78 is 37.1. The summed E-state index contributed by atoms with van der Waals surface area (Å²) in [5, 5.41) is 11.3. The summed E-state index contributed by atoms with van der Waals surface area (Å²) in [6.07, 6.45) is -2.83. The molecule has 0 aromatic carbocycles. The third kappa shape index (κ3) is 5.26. The third-order valence-corrected chi connectivity index (χ3v) is 3.26. The molecule has 0 aliphatic heterocycles. The molecule has 1 fully saturated rings. The quantitative estimate of drug-likeness (QED) is 0.817. The van der Waals surface area contributed by atoms with Gasteiger partial charge in [0, 0.05) is 12.6 Å². The Morgan fingerprint density at radius 3 is 2.45 bits per heavy atom. The molecule has 1 aliphatic carbocycles. The van der Waals surface area contributed by atoms with Crippen molar-refractivity contribution in [2.24, 2.45) is 5.92 Å². The van der Waals surface area contributed by atoms with Crippen molar-refractivity contribution in [1.29, 1.82) is 0 Å². The summed E-state index contributed by atoms with van der Waals surface area (Å²) in [4.78, 5) is 23.3. The summed E-state index contributed by atoms with van der Waals surface area (Å²) in [7, 11) is 0. The molecule has 0 radical (unpaired) electrons. The predicted molar refractivity (Wildman–Crippen MR) is 65.2 cm³/mol. The number of nitrogens with one attached hydrogen (secondary N) is 1. The van der Waals surface area contributed by atoms with Crippen LogP contribution in [0.25, 0.3) is 0 Å². The Balaban J connectivity index is 2.52. The van der Waals surface area contributed by atoms with E-state index in [2.05, 4.69) is 5.32 Å². The molecule has 1 rings (SSSR count). The SMILES string of the molecule is CCCN(CC(F)(F)F)C(=O)N[C@H]1CC[C@@H](C(=O)O)C1. The average Bonchev–Trinajstić information content (AvgIpc) is 2.75. The maximum absolute atomic E-state index is 12.4. The lowest BCUT2D eigenvalue weighted by atomic mass is 10.1. The Kier molecular flexibility index (Phi) is 5.64. The van der Waals surface area contributed by atoms with Crippen LogP contribution in [0.3, 0.4) is 0 Å². The van der Waals surface area contributed by atoms with E-state index < -0.39 is 30.6 Å². The number of hydrogen-bond donors (Lipinski definition) is 2. The Labute approximate surface area is 115 Å². The van der Waals surface area contributed by atoms with Crippen LogP contribution in [-0.4, -0.2) is 47.3 Å². The van der Waals surface area contributed by atoms with E-state index in [1.165, 1.54) is 0 Å². The van der Waals surface area contributed by atoms with Crippen LogP contribution >= 0.6 is 0 Å². The van der Waals surface area contributed by atoms with Crippen molar-refractivity contribution >= 4 is 12.0 Å². The molecule has 0 aromatic heterocycles. The van der Waals surface area contributed by atoms with Crippen LogP contribution in [0.5, 0.6) is 0 Å².